The molecule has 41 heavy (non-hydrogen) atoms. The lowest BCUT2D eigenvalue weighted by molar-refractivity contribution is 0.0456. The lowest BCUT2D eigenvalue weighted by Crippen LogP contribution is -2.49. The molecule has 1 fully saturated rings. The zero-order valence-corrected chi connectivity index (χ0v) is 24.9. The van der Waals surface area contributed by atoms with Gasteiger partial charge in [-0.05, 0) is 98.2 Å². The second kappa shape index (κ2) is 12.0. The molecule has 2 aromatic rings. The first-order chi connectivity index (χ1) is 19.5. The van der Waals surface area contributed by atoms with Crippen LogP contribution in [0.3, 0.4) is 0 Å². The van der Waals surface area contributed by atoms with Gasteiger partial charge in [0.1, 0.15) is 5.75 Å². The number of halogens is 1. The van der Waals surface area contributed by atoms with E-state index in [2.05, 4.69) is 11.0 Å². The van der Waals surface area contributed by atoms with Crippen LogP contribution in [0.1, 0.15) is 66.9 Å². The number of fused-ring (bicyclic) bond motifs is 3. The fourth-order valence-corrected chi connectivity index (χ4v) is 7.89. The first-order valence-electron chi connectivity index (χ1n) is 14.4. The Bertz CT molecular complexity index is 1430. The van der Waals surface area contributed by atoms with Crippen molar-refractivity contribution in [3.63, 3.8) is 0 Å². The van der Waals surface area contributed by atoms with Crippen LogP contribution in [0.25, 0.3) is 0 Å². The van der Waals surface area contributed by atoms with Crippen molar-refractivity contribution in [3.8, 4) is 5.75 Å². The minimum Gasteiger partial charge on any atom is -0.490 e. The maximum Gasteiger partial charge on any atom is 0.335 e. The van der Waals surface area contributed by atoms with E-state index in [9.17, 15) is 23.4 Å². The summed E-state index contributed by atoms with van der Waals surface area (Å²) in [5.74, 6) is -0.127. The van der Waals surface area contributed by atoms with Crippen LogP contribution in [0.2, 0.25) is 5.02 Å². The number of hydrogen-bond donors (Lipinski definition) is 3. The van der Waals surface area contributed by atoms with E-state index in [-0.39, 0.29) is 29.2 Å². The number of anilines is 1. The summed E-state index contributed by atoms with van der Waals surface area (Å²) in [5.41, 5.74) is 3.16. The molecule has 2 aliphatic carbocycles. The van der Waals surface area contributed by atoms with Crippen molar-refractivity contribution >= 4 is 33.3 Å². The molecule has 10 heteroatoms. The highest BCUT2D eigenvalue weighted by molar-refractivity contribution is 7.89. The highest BCUT2D eigenvalue weighted by Gasteiger charge is 2.44. The average Bonchev–Trinajstić information content (AvgIpc) is 3.05. The van der Waals surface area contributed by atoms with E-state index >= 15 is 0 Å². The van der Waals surface area contributed by atoms with Gasteiger partial charge in [0, 0.05) is 23.5 Å². The predicted molar refractivity (Wildman–Crippen MR) is 160 cm³/mol. The first-order valence-corrected chi connectivity index (χ1v) is 16.4. The van der Waals surface area contributed by atoms with Gasteiger partial charge in [-0.1, -0.05) is 36.7 Å². The Morgan fingerprint density at radius 1 is 1.27 bits per heavy atom. The first kappa shape index (κ1) is 29.9. The maximum atomic E-state index is 11.9. The minimum atomic E-state index is -3.63. The van der Waals surface area contributed by atoms with Gasteiger partial charge in [-0.3, -0.25) is 0 Å². The Balaban J connectivity index is 1.41. The number of carboxylic acids is 1. The molecule has 1 spiro atoms. The van der Waals surface area contributed by atoms with Crippen molar-refractivity contribution in [1.29, 1.82) is 0 Å². The number of carboxylic acid groups (broad SMARTS) is 1. The number of aliphatic hydroxyl groups excluding tert-OH is 1. The molecule has 4 N–H and O–H groups in total. The number of aliphatic hydroxyl groups is 1. The maximum absolute atomic E-state index is 11.9. The summed E-state index contributed by atoms with van der Waals surface area (Å²) in [6.45, 7) is 3.58. The summed E-state index contributed by atoms with van der Waals surface area (Å²) >= 11 is 6.35. The number of benzene rings is 2. The second-order valence-corrected chi connectivity index (χ2v) is 14.1. The number of sulfonamides is 1. The van der Waals surface area contributed by atoms with Gasteiger partial charge in [-0.15, -0.1) is 0 Å². The fraction of sp³-hybridized carbons (Fsp3) is 0.516. The zero-order valence-electron chi connectivity index (χ0n) is 23.3. The SMILES string of the molecule is CCC(C/C=C/C(O)[C@@H]1CC[C@H]1CN1C[C@@]2(CCCc3cc(Cl)ccc32)COc2ccc(C(=O)O)cc21)S(N)(=O)=O. The van der Waals surface area contributed by atoms with Crippen LogP contribution in [-0.2, 0) is 21.9 Å². The lowest BCUT2D eigenvalue weighted by atomic mass is 9.68. The molecule has 0 aromatic heterocycles. The quantitative estimate of drug-likeness (QED) is 0.348. The average molecular weight is 603 g/mol. The lowest BCUT2D eigenvalue weighted by Gasteiger charge is -2.45. The Hall–Kier alpha value is -2.59. The number of nitrogens with zero attached hydrogens (tertiary/aromatic N) is 1. The topological polar surface area (TPSA) is 130 Å². The number of hydrogen-bond acceptors (Lipinski definition) is 6. The van der Waals surface area contributed by atoms with Crippen molar-refractivity contribution in [3.05, 3.63) is 70.3 Å². The van der Waals surface area contributed by atoms with Gasteiger partial charge in [-0.25, -0.2) is 18.4 Å². The van der Waals surface area contributed by atoms with Crippen molar-refractivity contribution in [1.82, 2.24) is 0 Å². The predicted octanol–water partition coefficient (Wildman–Crippen LogP) is 4.91. The van der Waals surface area contributed by atoms with E-state index in [4.69, 9.17) is 21.5 Å². The molecule has 222 valence electrons. The van der Waals surface area contributed by atoms with Gasteiger partial charge in [-0.2, -0.15) is 0 Å². The monoisotopic (exact) mass is 602 g/mol. The molecule has 5 rings (SSSR count). The molecular weight excluding hydrogens is 564 g/mol. The number of ether oxygens (including phenoxy) is 1. The molecule has 2 aromatic carbocycles. The van der Waals surface area contributed by atoms with Crippen LogP contribution in [0, 0.1) is 11.8 Å². The van der Waals surface area contributed by atoms with E-state index in [0.29, 0.717) is 31.9 Å². The third-order valence-electron chi connectivity index (χ3n) is 9.31. The van der Waals surface area contributed by atoms with E-state index in [1.165, 1.54) is 11.1 Å². The standard InChI is InChI=1S/C31H39ClN2O6S/c1-2-24(41(33,38)39)6-3-7-28(35)25-11-8-22(25)17-34-18-31(14-4-5-20-15-23(32)10-12-26(20)31)19-40-29-13-9-21(30(36)37)16-27(29)34/h3,7,9-10,12-13,15-16,22,24-25,28,35H,2,4-6,8,11,14,17-19H2,1H3,(H,36,37)(H2,33,38,39)/b7-3+/t22-,24?,25+,28?,31-/m0/s1. The van der Waals surface area contributed by atoms with Gasteiger partial charge in [0.15, 0.2) is 0 Å². The third kappa shape index (κ3) is 6.28. The molecule has 0 saturated heterocycles. The largest absolute Gasteiger partial charge is 0.490 e. The van der Waals surface area contributed by atoms with E-state index < -0.39 is 27.3 Å². The molecule has 3 aliphatic rings. The third-order valence-corrected chi connectivity index (χ3v) is 11.0. The normalized spacial score (nSPS) is 25.5. The highest BCUT2D eigenvalue weighted by Crippen LogP contribution is 2.46. The molecule has 5 atom stereocenters. The van der Waals surface area contributed by atoms with Crippen molar-refractivity contribution in [2.45, 2.75) is 68.6 Å². The molecule has 1 heterocycles. The van der Waals surface area contributed by atoms with Crippen molar-refractivity contribution in [2.75, 3.05) is 24.6 Å². The van der Waals surface area contributed by atoms with E-state index in [1.54, 1.807) is 37.3 Å². The van der Waals surface area contributed by atoms with E-state index in [0.717, 1.165) is 42.8 Å². The van der Waals surface area contributed by atoms with Crippen LogP contribution in [-0.4, -0.2) is 55.7 Å². The highest BCUT2D eigenvalue weighted by atomic mass is 35.5. The Morgan fingerprint density at radius 2 is 2.07 bits per heavy atom. The Kier molecular flexibility index (Phi) is 8.71. The van der Waals surface area contributed by atoms with Crippen LogP contribution in [0.4, 0.5) is 5.69 Å². The minimum absolute atomic E-state index is 0.0180. The van der Waals surface area contributed by atoms with Gasteiger partial charge in [0.2, 0.25) is 10.0 Å². The molecule has 0 amide bonds. The van der Waals surface area contributed by atoms with Crippen LogP contribution in [0.5, 0.6) is 5.75 Å². The van der Waals surface area contributed by atoms with Crippen molar-refractivity contribution in [2.24, 2.45) is 17.0 Å². The Morgan fingerprint density at radius 3 is 2.76 bits per heavy atom. The van der Waals surface area contributed by atoms with Crippen LogP contribution in [0.15, 0.2) is 48.6 Å². The molecule has 1 saturated carbocycles. The number of nitrogens with two attached hydrogens (primary N) is 1. The summed E-state index contributed by atoms with van der Waals surface area (Å²) in [5, 5.41) is 26.1. The van der Waals surface area contributed by atoms with Crippen LogP contribution >= 0.6 is 11.6 Å². The smallest absolute Gasteiger partial charge is 0.335 e. The number of carbonyl (C=O) groups is 1. The van der Waals surface area contributed by atoms with Gasteiger partial charge >= 0.3 is 5.97 Å². The number of primary sulfonamides is 1. The summed E-state index contributed by atoms with van der Waals surface area (Å²) in [6, 6.07) is 11.1. The second-order valence-electron chi connectivity index (χ2n) is 11.9. The summed E-state index contributed by atoms with van der Waals surface area (Å²) in [7, 11) is -3.63. The molecule has 8 nitrogen and oxygen atoms in total. The van der Waals surface area contributed by atoms with Gasteiger partial charge < -0.3 is 19.8 Å². The number of rotatable bonds is 9. The number of aryl methyl sites for hydroxylation is 1. The summed E-state index contributed by atoms with van der Waals surface area (Å²) in [4.78, 5) is 14.1. The summed E-state index contributed by atoms with van der Waals surface area (Å²) < 4.78 is 29.9. The molecule has 1 aliphatic heterocycles. The van der Waals surface area contributed by atoms with Crippen LogP contribution < -0.4 is 14.8 Å². The van der Waals surface area contributed by atoms with Gasteiger partial charge in [0.25, 0.3) is 0 Å². The zero-order chi connectivity index (χ0) is 29.4. The summed E-state index contributed by atoms with van der Waals surface area (Å²) in [6.07, 6.45) is 8.13. The number of allylic oxidation sites excluding steroid dienone is 1. The van der Waals surface area contributed by atoms with Gasteiger partial charge in [0.05, 0.1) is 29.2 Å². The van der Waals surface area contributed by atoms with E-state index in [1.807, 2.05) is 12.1 Å². The Labute approximate surface area is 247 Å². The fourth-order valence-electron chi connectivity index (χ4n) is 6.85. The number of aromatic carboxylic acids is 1. The molecule has 0 radical (unpaired) electrons. The molecule has 0 bridgehead atoms. The molecule has 2 unspecified atom stereocenters. The van der Waals surface area contributed by atoms with Crippen molar-refractivity contribution < 1.29 is 28.2 Å². The molecular formula is C31H39ClN2O6S.